The zero-order chi connectivity index (χ0) is 23.7. The van der Waals surface area contributed by atoms with Crippen LogP contribution in [0.4, 0.5) is 0 Å². The van der Waals surface area contributed by atoms with Crippen molar-refractivity contribution >= 4 is 5.91 Å². The van der Waals surface area contributed by atoms with Crippen LogP contribution in [0, 0.1) is 0 Å². The van der Waals surface area contributed by atoms with Gasteiger partial charge in [0, 0.05) is 30.8 Å². The summed E-state index contributed by atoms with van der Waals surface area (Å²) < 4.78 is 7.17. The molecule has 34 heavy (non-hydrogen) atoms. The van der Waals surface area contributed by atoms with E-state index in [1.165, 1.54) is 5.56 Å². The lowest BCUT2D eigenvalue weighted by atomic mass is 9.90. The molecule has 178 valence electrons. The van der Waals surface area contributed by atoms with Crippen molar-refractivity contribution in [2.45, 2.75) is 45.4 Å². The number of aryl methyl sites for hydroxylation is 2. The summed E-state index contributed by atoms with van der Waals surface area (Å²) in [7, 11) is 1.69. The number of hydrogen-bond donors (Lipinski definition) is 1. The predicted octanol–water partition coefficient (Wildman–Crippen LogP) is 3.39. The SMILES string of the molecule is CCN(CC)CCNC(=O)c1cnn(-c2ncc3c(n2)-c2ccc(OC)cc2CC3)c1C1CC1. The van der Waals surface area contributed by atoms with Crippen molar-refractivity contribution in [2.75, 3.05) is 33.3 Å². The smallest absolute Gasteiger partial charge is 0.254 e. The van der Waals surface area contributed by atoms with E-state index in [4.69, 9.17) is 9.72 Å². The summed E-state index contributed by atoms with van der Waals surface area (Å²) in [6, 6.07) is 6.13. The van der Waals surface area contributed by atoms with Crippen molar-refractivity contribution in [3.05, 3.63) is 53.0 Å². The lowest BCUT2D eigenvalue weighted by Gasteiger charge is -2.20. The zero-order valence-electron chi connectivity index (χ0n) is 20.2. The summed E-state index contributed by atoms with van der Waals surface area (Å²) in [6.45, 7) is 7.67. The number of fused-ring (bicyclic) bond motifs is 3. The Morgan fingerprint density at radius 2 is 1.97 bits per heavy atom. The maximum absolute atomic E-state index is 13.0. The number of likely N-dealkylation sites (N-methyl/N-ethyl adjacent to an activating group) is 1. The molecule has 8 heteroatoms. The Balaban J connectivity index is 1.44. The van der Waals surface area contributed by atoms with E-state index >= 15 is 0 Å². The number of carbonyl (C=O) groups excluding carboxylic acids is 1. The largest absolute Gasteiger partial charge is 0.497 e. The Morgan fingerprint density at radius 3 is 2.71 bits per heavy atom. The Labute approximate surface area is 200 Å². The number of hydrogen-bond acceptors (Lipinski definition) is 6. The van der Waals surface area contributed by atoms with Crippen molar-refractivity contribution in [2.24, 2.45) is 0 Å². The van der Waals surface area contributed by atoms with Gasteiger partial charge in [0.05, 0.1) is 30.3 Å². The molecular formula is C26H32N6O2. The van der Waals surface area contributed by atoms with E-state index in [9.17, 15) is 4.79 Å². The maximum atomic E-state index is 13.0. The first-order valence-corrected chi connectivity index (χ1v) is 12.2. The van der Waals surface area contributed by atoms with Crippen molar-refractivity contribution in [3.8, 4) is 23.0 Å². The minimum absolute atomic E-state index is 0.0734. The first-order chi connectivity index (χ1) is 16.6. The number of benzene rings is 1. The lowest BCUT2D eigenvalue weighted by molar-refractivity contribution is 0.0948. The second-order valence-electron chi connectivity index (χ2n) is 8.98. The monoisotopic (exact) mass is 460 g/mol. The van der Waals surface area contributed by atoms with Crippen LogP contribution in [0.1, 0.15) is 59.8 Å². The van der Waals surface area contributed by atoms with Crippen molar-refractivity contribution in [1.29, 1.82) is 0 Å². The number of aromatic nitrogens is 4. The van der Waals surface area contributed by atoms with Gasteiger partial charge in [-0.2, -0.15) is 5.10 Å². The first-order valence-electron chi connectivity index (χ1n) is 12.2. The first kappa shape index (κ1) is 22.5. The zero-order valence-corrected chi connectivity index (χ0v) is 20.2. The molecule has 0 radical (unpaired) electrons. The van der Waals surface area contributed by atoms with Gasteiger partial charge in [-0.3, -0.25) is 4.79 Å². The average Bonchev–Trinajstić information content (AvgIpc) is 3.63. The van der Waals surface area contributed by atoms with Crippen LogP contribution in [0.15, 0.2) is 30.6 Å². The van der Waals surface area contributed by atoms with Gasteiger partial charge >= 0.3 is 0 Å². The normalized spacial score (nSPS) is 14.6. The molecule has 1 aromatic carbocycles. The van der Waals surface area contributed by atoms with E-state index in [1.54, 1.807) is 18.0 Å². The van der Waals surface area contributed by atoms with Crippen LogP contribution in [-0.2, 0) is 12.8 Å². The molecule has 2 aromatic heterocycles. The van der Waals surface area contributed by atoms with Gasteiger partial charge in [-0.05, 0) is 68.1 Å². The third kappa shape index (κ3) is 4.30. The summed E-state index contributed by atoms with van der Waals surface area (Å²) >= 11 is 0. The highest BCUT2D eigenvalue weighted by molar-refractivity contribution is 5.95. The summed E-state index contributed by atoms with van der Waals surface area (Å²) in [5.74, 6) is 1.63. The van der Waals surface area contributed by atoms with Gasteiger partial charge in [-0.1, -0.05) is 13.8 Å². The topological polar surface area (TPSA) is 85.2 Å². The molecule has 0 aliphatic heterocycles. The Bertz CT molecular complexity index is 1200. The average molecular weight is 461 g/mol. The molecule has 0 unspecified atom stereocenters. The van der Waals surface area contributed by atoms with E-state index in [0.717, 1.165) is 73.6 Å². The van der Waals surface area contributed by atoms with Crippen LogP contribution in [0.25, 0.3) is 17.2 Å². The number of rotatable bonds is 9. The number of methoxy groups -OCH3 is 1. The summed E-state index contributed by atoms with van der Waals surface area (Å²) in [5, 5.41) is 7.65. The highest BCUT2D eigenvalue weighted by Crippen LogP contribution is 2.42. The van der Waals surface area contributed by atoms with Gasteiger partial charge in [0.1, 0.15) is 5.75 Å². The number of ether oxygens (including phenoxy) is 1. The Hall–Kier alpha value is -3.26. The lowest BCUT2D eigenvalue weighted by Crippen LogP contribution is -2.35. The number of carbonyl (C=O) groups is 1. The summed E-state index contributed by atoms with van der Waals surface area (Å²) in [6.07, 6.45) is 7.52. The highest BCUT2D eigenvalue weighted by atomic mass is 16.5. The van der Waals surface area contributed by atoms with Crippen LogP contribution < -0.4 is 10.1 Å². The molecule has 1 N–H and O–H groups in total. The van der Waals surface area contributed by atoms with Gasteiger partial charge in [0.15, 0.2) is 0 Å². The predicted molar refractivity (Wildman–Crippen MR) is 131 cm³/mol. The molecule has 0 saturated heterocycles. The van der Waals surface area contributed by atoms with Crippen LogP contribution in [0.3, 0.4) is 0 Å². The Kier molecular flexibility index (Phi) is 6.32. The van der Waals surface area contributed by atoms with Crippen LogP contribution >= 0.6 is 0 Å². The standard InChI is InChI=1S/C26H32N6O2/c1-4-31(5-2)13-12-27-25(33)22-16-29-32(24(22)17-6-7-17)26-28-15-19-9-8-18-14-20(34-3)10-11-21(18)23(19)30-26/h10-11,14-17H,4-9,12-13H2,1-3H3,(H,27,33). The molecule has 2 heterocycles. The van der Waals surface area contributed by atoms with E-state index in [2.05, 4.69) is 46.3 Å². The van der Waals surface area contributed by atoms with E-state index in [-0.39, 0.29) is 5.91 Å². The molecule has 5 rings (SSSR count). The number of nitrogens with zero attached hydrogens (tertiary/aromatic N) is 5. The minimum Gasteiger partial charge on any atom is -0.497 e. The number of amides is 1. The van der Waals surface area contributed by atoms with Crippen molar-refractivity contribution in [1.82, 2.24) is 30.0 Å². The summed E-state index contributed by atoms with van der Waals surface area (Å²) in [5.41, 5.74) is 5.97. The molecule has 0 bridgehead atoms. The fourth-order valence-electron chi connectivity index (χ4n) is 4.72. The quantitative estimate of drug-likeness (QED) is 0.527. The van der Waals surface area contributed by atoms with Crippen molar-refractivity contribution in [3.63, 3.8) is 0 Å². The van der Waals surface area contributed by atoms with E-state index < -0.39 is 0 Å². The Morgan fingerprint density at radius 1 is 1.18 bits per heavy atom. The molecule has 2 aliphatic carbocycles. The molecule has 2 aliphatic rings. The van der Waals surface area contributed by atoms with E-state index in [1.807, 2.05) is 12.3 Å². The van der Waals surface area contributed by atoms with Gasteiger partial charge in [-0.15, -0.1) is 0 Å². The third-order valence-corrected chi connectivity index (χ3v) is 6.90. The van der Waals surface area contributed by atoms with Crippen LogP contribution in [0.5, 0.6) is 5.75 Å². The maximum Gasteiger partial charge on any atom is 0.254 e. The van der Waals surface area contributed by atoms with Crippen molar-refractivity contribution < 1.29 is 9.53 Å². The fraction of sp³-hybridized carbons (Fsp3) is 0.462. The van der Waals surface area contributed by atoms with Gasteiger partial charge < -0.3 is 15.0 Å². The number of nitrogens with one attached hydrogen (secondary N) is 1. The molecule has 8 nitrogen and oxygen atoms in total. The highest BCUT2D eigenvalue weighted by Gasteiger charge is 2.34. The van der Waals surface area contributed by atoms with Gasteiger partial charge in [0.2, 0.25) is 0 Å². The second kappa shape index (κ2) is 9.54. The molecule has 0 atom stereocenters. The molecule has 1 fully saturated rings. The van der Waals surface area contributed by atoms with Gasteiger partial charge in [0.25, 0.3) is 11.9 Å². The van der Waals surface area contributed by atoms with Crippen LogP contribution in [-0.4, -0.2) is 63.8 Å². The molecule has 1 amide bonds. The fourth-order valence-corrected chi connectivity index (χ4v) is 4.72. The second-order valence-corrected chi connectivity index (χ2v) is 8.98. The minimum atomic E-state index is -0.0734. The third-order valence-electron chi connectivity index (χ3n) is 6.90. The molecule has 0 spiro atoms. The summed E-state index contributed by atoms with van der Waals surface area (Å²) in [4.78, 5) is 24.9. The molecule has 1 saturated carbocycles. The molecule has 3 aromatic rings. The van der Waals surface area contributed by atoms with Gasteiger partial charge in [-0.25, -0.2) is 14.6 Å². The molecular weight excluding hydrogens is 428 g/mol. The van der Waals surface area contributed by atoms with E-state index in [0.29, 0.717) is 24.0 Å². The van der Waals surface area contributed by atoms with Crippen LogP contribution in [0.2, 0.25) is 0 Å².